The van der Waals surface area contributed by atoms with E-state index in [4.69, 9.17) is 0 Å². The molecule has 1 aromatic carbocycles. The van der Waals surface area contributed by atoms with Crippen molar-refractivity contribution >= 4 is 25.8 Å². The molecule has 0 fully saturated rings. The molecule has 0 heterocycles. The quantitative estimate of drug-likeness (QED) is 0.917. The highest BCUT2D eigenvalue weighted by molar-refractivity contribution is 9.10. The molecule has 0 saturated carbocycles. The smallest absolute Gasteiger partial charge is 0.150 e. The molecule has 1 N–H and O–H groups in total. The number of benzene rings is 1. The van der Waals surface area contributed by atoms with Gasteiger partial charge in [-0.15, -0.1) is 0 Å². The first kappa shape index (κ1) is 13.6. The van der Waals surface area contributed by atoms with Gasteiger partial charge in [0.2, 0.25) is 0 Å². The first-order valence-corrected chi connectivity index (χ1v) is 7.43. The first-order chi connectivity index (χ1) is 7.28. The van der Waals surface area contributed by atoms with Crippen molar-refractivity contribution in [2.45, 2.75) is 12.5 Å². The zero-order valence-corrected chi connectivity index (χ0v) is 11.1. The molecule has 0 aliphatic rings. The second-order valence-electron chi connectivity index (χ2n) is 3.69. The Morgan fingerprint density at radius 2 is 2.12 bits per heavy atom. The van der Waals surface area contributed by atoms with Crippen LogP contribution >= 0.6 is 15.9 Å². The summed E-state index contributed by atoms with van der Waals surface area (Å²) in [6.45, 7) is 0. The van der Waals surface area contributed by atoms with Gasteiger partial charge in [0.05, 0.1) is 11.9 Å². The van der Waals surface area contributed by atoms with Crippen LogP contribution in [0.3, 0.4) is 0 Å². The summed E-state index contributed by atoms with van der Waals surface area (Å²) in [6.07, 6.45) is 0.135. The van der Waals surface area contributed by atoms with Crippen LogP contribution < -0.4 is 0 Å². The molecule has 0 aliphatic heterocycles. The molecule has 6 heteroatoms. The van der Waals surface area contributed by atoms with Crippen molar-refractivity contribution in [1.82, 2.24) is 0 Å². The zero-order chi connectivity index (χ0) is 12.3. The van der Waals surface area contributed by atoms with Crippen LogP contribution in [-0.2, 0) is 16.3 Å². The van der Waals surface area contributed by atoms with Crippen LogP contribution in [-0.4, -0.2) is 31.6 Å². The SMILES string of the molecule is CS(=O)(=O)CC(O)Cc1cc(F)ccc1Br. The number of halogens is 2. The topological polar surface area (TPSA) is 54.4 Å². The summed E-state index contributed by atoms with van der Waals surface area (Å²) in [5, 5.41) is 9.53. The minimum absolute atomic E-state index is 0.103. The maximum atomic E-state index is 12.9. The van der Waals surface area contributed by atoms with E-state index in [9.17, 15) is 17.9 Å². The van der Waals surface area contributed by atoms with E-state index >= 15 is 0 Å². The Kier molecular flexibility index (Phi) is 4.46. The summed E-state index contributed by atoms with van der Waals surface area (Å²) >= 11 is 3.21. The molecule has 90 valence electrons. The van der Waals surface area contributed by atoms with Crippen LogP contribution in [0.1, 0.15) is 5.56 Å². The average molecular weight is 311 g/mol. The molecule has 0 bridgehead atoms. The lowest BCUT2D eigenvalue weighted by Crippen LogP contribution is -2.22. The molecule has 1 aromatic rings. The first-order valence-electron chi connectivity index (χ1n) is 4.57. The number of aliphatic hydroxyl groups is 1. The monoisotopic (exact) mass is 310 g/mol. The molecule has 0 aliphatic carbocycles. The van der Waals surface area contributed by atoms with E-state index in [2.05, 4.69) is 15.9 Å². The fraction of sp³-hybridized carbons (Fsp3) is 0.400. The molecule has 0 saturated heterocycles. The van der Waals surface area contributed by atoms with Gasteiger partial charge in [0.25, 0.3) is 0 Å². The van der Waals surface area contributed by atoms with Gasteiger partial charge < -0.3 is 5.11 Å². The Hall–Kier alpha value is -0.460. The molecule has 0 amide bonds. The number of hydrogen-bond donors (Lipinski definition) is 1. The summed E-state index contributed by atoms with van der Waals surface area (Å²) in [7, 11) is -3.23. The molecule has 1 atom stereocenters. The summed E-state index contributed by atoms with van der Waals surface area (Å²) in [5.41, 5.74) is 0.552. The molecule has 16 heavy (non-hydrogen) atoms. The lowest BCUT2D eigenvalue weighted by atomic mass is 10.1. The fourth-order valence-electron chi connectivity index (χ4n) is 1.36. The van der Waals surface area contributed by atoms with Crippen molar-refractivity contribution in [3.05, 3.63) is 34.1 Å². The third-order valence-corrected chi connectivity index (χ3v) is 3.72. The predicted octanol–water partition coefficient (Wildman–Crippen LogP) is 1.54. The summed E-state index contributed by atoms with van der Waals surface area (Å²) in [4.78, 5) is 0. The minimum atomic E-state index is -3.23. The van der Waals surface area contributed by atoms with Crippen molar-refractivity contribution < 1.29 is 17.9 Å². The van der Waals surface area contributed by atoms with Crippen LogP contribution in [0.25, 0.3) is 0 Å². The number of aliphatic hydroxyl groups excluding tert-OH is 1. The molecule has 0 radical (unpaired) electrons. The fourth-order valence-corrected chi connectivity index (χ4v) is 2.59. The largest absolute Gasteiger partial charge is 0.392 e. The molecular formula is C10H12BrFO3S. The molecule has 0 spiro atoms. The van der Waals surface area contributed by atoms with Crippen molar-refractivity contribution in [2.24, 2.45) is 0 Å². The maximum Gasteiger partial charge on any atom is 0.150 e. The van der Waals surface area contributed by atoms with Crippen LogP contribution in [0.5, 0.6) is 0 Å². The van der Waals surface area contributed by atoms with Crippen molar-refractivity contribution in [1.29, 1.82) is 0 Å². The highest BCUT2D eigenvalue weighted by Crippen LogP contribution is 2.19. The van der Waals surface area contributed by atoms with Crippen LogP contribution in [0.15, 0.2) is 22.7 Å². The van der Waals surface area contributed by atoms with Gasteiger partial charge in [0, 0.05) is 17.1 Å². The Morgan fingerprint density at radius 3 is 2.69 bits per heavy atom. The van der Waals surface area contributed by atoms with Gasteiger partial charge in [0.15, 0.2) is 0 Å². The summed E-state index contributed by atoms with van der Waals surface area (Å²) < 4.78 is 35.4. The van der Waals surface area contributed by atoms with E-state index in [0.29, 0.717) is 10.0 Å². The van der Waals surface area contributed by atoms with Crippen LogP contribution in [0.2, 0.25) is 0 Å². The third kappa shape index (κ3) is 4.59. The number of rotatable bonds is 4. The predicted molar refractivity (Wildman–Crippen MR) is 63.5 cm³/mol. The Labute approximate surface area is 102 Å². The van der Waals surface area contributed by atoms with Gasteiger partial charge in [-0.2, -0.15) is 0 Å². The third-order valence-electron chi connectivity index (χ3n) is 1.96. The number of hydrogen-bond acceptors (Lipinski definition) is 3. The normalized spacial score (nSPS) is 13.8. The summed E-state index contributed by atoms with van der Waals surface area (Å²) in [6, 6.07) is 4.09. The summed E-state index contributed by atoms with van der Waals surface area (Å²) in [5.74, 6) is -0.736. The maximum absolute atomic E-state index is 12.9. The molecule has 1 rings (SSSR count). The van der Waals surface area contributed by atoms with Gasteiger partial charge in [0.1, 0.15) is 15.7 Å². The highest BCUT2D eigenvalue weighted by atomic mass is 79.9. The lowest BCUT2D eigenvalue weighted by Gasteiger charge is -2.10. The van der Waals surface area contributed by atoms with Gasteiger partial charge in [-0.25, -0.2) is 12.8 Å². The van der Waals surface area contributed by atoms with Gasteiger partial charge in [-0.05, 0) is 23.8 Å². The second kappa shape index (κ2) is 5.25. The van der Waals surface area contributed by atoms with Gasteiger partial charge in [-0.3, -0.25) is 0 Å². The Balaban J connectivity index is 2.77. The van der Waals surface area contributed by atoms with Crippen molar-refractivity contribution in [3.63, 3.8) is 0 Å². The van der Waals surface area contributed by atoms with E-state index in [1.54, 1.807) is 0 Å². The minimum Gasteiger partial charge on any atom is -0.392 e. The van der Waals surface area contributed by atoms with Gasteiger partial charge in [-0.1, -0.05) is 15.9 Å². The lowest BCUT2D eigenvalue weighted by molar-refractivity contribution is 0.197. The molecule has 1 unspecified atom stereocenters. The van der Waals surface area contributed by atoms with Crippen LogP contribution in [0, 0.1) is 5.82 Å². The van der Waals surface area contributed by atoms with Crippen LogP contribution in [0.4, 0.5) is 4.39 Å². The van der Waals surface area contributed by atoms with Gasteiger partial charge >= 0.3 is 0 Å². The second-order valence-corrected chi connectivity index (χ2v) is 6.73. The highest BCUT2D eigenvalue weighted by Gasteiger charge is 2.14. The molecule has 0 aromatic heterocycles. The average Bonchev–Trinajstić information content (AvgIpc) is 2.08. The van der Waals surface area contributed by atoms with E-state index in [-0.39, 0.29) is 12.2 Å². The standard InChI is InChI=1S/C10H12BrFO3S/c1-16(14,15)6-9(13)5-7-4-8(12)2-3-10(7)11/h2-4,9,13H,5-6H2,1H3. The number of sulfone groups is 1. The van der Waals surface area contributed by atoms with E-state index in [0.717, 1.165) is 6.26 Å². The van der Waals surface area contributed by atoms with E-state index < -0.39 is 21.8 Å². The Morgan fingerprint density at radius 1 is 1.50 bits per heavy atom. The molecular weight excluding hydrogens is 299 g/mol. The van der Waals surface area contributed by atoms with E-state index in [1.165, 1.54) is 18.2 Å². The van der Waals surface area contributed by atoms with Crippen molar-refractivity contribution in [3.8, 4) is 0 Å². The van der Waals surface area contributed by atoms with E-state index in [1.807, 2.05) is 0 Å². The molecule has 3 nitrogen and oxygen atoms in total. The Bertz CT molecular complexity index is 473. The van der Waals surface area contributed by atoms with Crippen molar-refractivity contribution in [2.75, 3.05) is 12.0 Å². The zero-order valence-electron chi connectivity index (χ0n) is 8.65.